The first-order valence-electron chi connectivity index (χ1n) is 6.78. The van der Waals surface area contributed by atoms with E-state index in [-0.39, 0.29) is 0 Å². The Morgan fingerprint density at radius 3 is 2.75 bits per heavy atom. The third kappa shape index (κ3) is 2.74. The Kier molecular flexibility index (Phi) is 3.81. The molecule has 0 saturated carbocycles. The maximum absolute atomic E-state index is 4.52. The van der Waals surface area contributed by atoms with Gasteiger partial charge in [-0.1, -0.05) is 24.3 Å². The Morgan fingerprint density at radius 1 is 1.10 bits per heavy atom. The molecule has 0 aliphatic heterocycles. The van der Waals surface area contributed by atoms with Crippen LogP contribution in [0.25, 0.3) is 10.9 Å². The number of hydrogen-bond acceptors (Lipinski definition) is 3. The number of aromatic nitrogens is 1. The number of hydrogen-bond donors (Lipinski definition) is 0. The van der Waals surface area contributed by atoms with Crippen molar-refractivity contribution in [2.24, 2.45) is 0 Å². The van der Waals surface area contributed by atoms with Gasteiger partial charge < -0.3 is 0 Å². The minimum absolute atomic E-state index is 0.922. The summed E-state index contributed by atoms with van der Waals surface area (Å²) in [5.41, 5.74) is 3.79. The van der Waals surface area contributed by atoms with Crippen molar-refractivity contribution in [1.82, 2.24) is 9.88 Å². The molecule has 0 unspecified atom stereocenters. The van der Waals surface area contributed by atoms with Crippen LogP contribution in [0.1, 0.15) is 16.0 Å². The Labute approximate surface area is 123 Å². The van der Waals surface area contributed by atoms with Crippen molar-refractivity contribution in [1.29, 1.82) is 0 Å². The van der Waals surface area contributed by atoms with E-state index in [4.69, 9.17) is 0 Å². The highest BCUT2D eigenvalue weighted by Crippen LogP contribution is 2.21. The number of aryl methyl sites for hydroxylation is 1. The summed E-state index contributed by atoms with van der Waals surface area (Å²) < 4.78 is 0. The third-order valence-corrected chi connectivity index (χ3v) is 4.55. The highest BCUT2D eigenvalue weighted by molar-refractivity contribution is 7.10. The van der Waals surface area contributed by atoms with Crippen LogP contribution in [0, 0.1) is 6.92 Å². The van der Waals surface area contributed by atoms with Gasteiger partial charge >= 0.3 is 0 Å². The summed E-state index contributed by atoms with van der Waals surface area (Å²) in [6, 6.07) is 12.7. The molecule has 2 aromatic heterocycles. The second-order valence-corrected chi connectivity index (χ2v) is 6.19. The molecule has 3 heteroatoms. The van der Waals surface area contributed by atoms with E-state index in [9.17, 15) is 0 Å². The van der Waals surface area contributed by atoms with Crippen molar-refractivity contribution in [2.45, 2.75) is 20.0 Å². The van der Waals surface area contributed by atoms with Gasteiger partial charge in [-0.3, -0.25) is 9.88 Å². The second-order valence-electron chi connectivity index (χ2n) is 5.19. The van der Waals surface area contributed by atoms with Gasteiger partial charge in [0.25, 0.3) is 0 Å². The molecule has 3 aromatic rings. The standard InChI is InChI=1S/C17H18N2S/c1-13-8-10-20-16(13)12-19(2)11-15-6-3-5-14-7-4-9-18-17(14)15/h3-10H,11-12H2,1-2H3. The molecule has 0 fully saturated rings. The fourth-order valence-corrected chi connectivity index (χ4v) is 3.44. The molecule has 0 bridgehead atoms. The largest absolute Gasteiger partial charge is 0.297 e. The van der Waals surface area contributed by atoms with Crippen LogP contribution in [0.3, 0.4) is 0 Å². The molecule has 2 heterocycles. The minimum atomic E-state index is 0.922. The van der Waals surface area contributed by atoms with Crippen molar-refractivity contribution in [3.8, 4) is 0 Å². The first-order valence-corrected chi connectivity index (χ1v) is 7.66. The fraction of sp³-hybridized carbons (Fsp3) is 0.235. The fourth-order valence-electron chi connectivity index (χ4n) is 2.45. The van der Waals surface area contributed by atoms with Crippen molar-refractivity contribution in [2.75, 3.05) is 7.05 Å². The van der Waals surface area contributed by atoms with E-state index in [0.29, 0.717) is 0 Å². The highest BCUT2D eigenvalue weighted by atomic mass is 32.1. The Hall–Kier alpha value is -1.71. The quantitative estimate of drug-likeness (QED) is 0.711. The number of thiophene rings is 1. The van der Waals surface area contributed by atoms with E-state index < -0.39 is 0 Å². The van der Waals surface area contributed by atoms with Crippen LogP contribution in [0.5, 0.6) is 0 Å². The minimum Gasteiger partial charge on any atom is -0.297 e. The summed E-state index contributed by atoms with van der Waals surface area (Å²) in [6.07, 6.45) is 1.87. The van der Waals surface area contributed by atoms with Gasteiger partial charge in [0.2, 0.25) is 0 Å². The van der Waals surface area contributed by atoms with Crippen molar-refractivity contribution < 1.29 is 0 Å². The topological polar surface area (TPSA) is 16.1 Å². The van der Waals surface area contributed by atoms with E-state index in [1.807, 2.05) is 23.6 Å². The lowest BCUT2D eigenvalue weighted by Crippen LogP contribution is -2.17. The molecule has 0 saturated heterocycles. The summed E-state index contributed by atoms with van der Waals surface area (Å²) in [7, 11) is 2.17. The van der Waals surface area contributed by atoms with E-state index in [1.54, 1.807) is 0 Å². The normalized spacial score (nSPS) is 11.3. The smallest absolute Gasteiger partial charge is 0.0746 e. The van der Waals surface area contributed by atoms with E-state index >= 15 is 0 Å². The van der Waals surface area contributed by atoms with E-state index in [0.717, 1.165) is 18.6 Å². The molecule has 0 atom stereocenters. The first kappa shape index (κ1) is 13.3. The molecule has 20 heavy (non-hydrogen) atoms. The van der Waals surface area contributed by atoms with Crippen LogP contribution in [0.4, 0.5) is 0 Å². The average molecular weight is 282 g/mol. The van der Waals surface area contributed by atoms with Crippen LogP contribution in [0.15, 0.2) is 48.0 Å². The third-order valence-electron chi connectivity index (χ3n) is 3.54. The molecule has 1 aromatic carbocycles. The van der Waals surface area contributed by atoms with Crippen molar-refractivity contribution in [3.63, 3.8) is 0 Å². The molecular formula is C17H18N2S. The van der Waals surface area contributed by atoms with Gasteiger partial charge in [0, 0.05) is 29.5 Å². The van der Waals surface area contributed by atoms with Crippen LogP contribution < -0.4 is 0 Å². The second kappa shape index (κ2) is 5.73. The number of nitrogens with zero attached hydrogens (tertiary/aromatic N) is 2. The molecule has 0 amide bonds. The number of benzene rings is 1. The van der Waals surface area contributed by atoms with Gasteiger partial charge in [-0.15, -0.1) is 11.3 Å². The van der Waals surface area contributed by atoms with E-state index in [1.165, 1.54) is 21.4 Å². The Morgan fingerprint density at radius 2 is 1.95 bits per heavy atom. The van der Waals surface area contributed by atoms with Crippen LogP contribution >= 0.6 is 11.3 Å². The summed E-state index contributed by atoms with van der Waals surface area (Å²) in [4.78, 5) is 8.32. The van der Waals surface area contributed by atoms with E-state index in [2.05, 4.69) is 59.6 Å². The first-order chi connectivity index (χ1) is 9.74. The number of fused-ring (bicyclic) bond motifs is 1. The monoisotopic (exact) mass is 282 g/mol. The van der Waals surface area contributed by atoms with Crippen LogP contribution in [0.2, 0.25) is 0 Å². The predicted octanol–water partition coefficient (Wildman–Crippen LogP) is 4.24. The lowest BCUT2D eigenvalue weighted by atomic mass is 10.1. The number of rotatable bonds is 4. The number of para-hydroxylation sites is 1. The molecule has 0 radical (unpaired) electrons. The Bertz CT molecular complexity index is 712. The summed E-state index contributed by atoms with van der Waals surface area (Å²) in [5, 5.41) is 3.38. The molecule has 0 spiro atoms. The van der Waals surface area contributed by atoms with Gasteiger partial charge in [-0.05, 0) is 42.6 Å². The van der Waals surface area contributed by atoms with Crippen LogP contribution in [-0.2, 0) is 13.1 Å². The number of pyridine rings is 1. The predicted molar refractivity (Wildman–Crippen MR) is 86.0 cm³/mol. The SMILES string of the molecule is Cc1ccsc1CN(C)Cc1cccc2cccnc12. The van der Waals surface area contributed by atoms with Gasteiger partial charge in [-0.2, -0.15) is 0 Å². The molecular weight excluding hydrogens is 264 g/mol. The van der Waals surface area contributed by atoms with Gasteiger partial charge in [0.1, 0.15) is 0 Å². The highest BCUT2D eigenvalue weighted by Gasteiger charge is 2.08. The lowest BCUT2D eigenvalue weighted by Gasteiger charge is -2.17. The summed E-state index contributed by atoms with van der Waals surface area (Å²) >= 11 is 1.83. The lowest BCUT2D eigenvalue weighted by molar-refractivity contribution is 0.322. The molecule has 3 rings (SSSR count). The molecule has 0 aliphatic rings. The molecule has 0 N–H and O–H groups in total. The molecule has 0 aliphatic carbocycles. The van der Waals surface area contributed by atoms with Crippen molar-refractivity contribution >= 4 is 22.2 Å². The summed E-state index contributed by atoms with van der Waals surface area (Å²) in [5.74, 6) is 0. The van der Waals surface area contributed by atoms with Gasteiger partial charge in [0.15, 0.2) is 0 Å². The molecule has 102 valence electrons. The summed E-state index contributed by atoms with van der Waals surface area (Å²) in [6.45, 7) is 4.09. The Balaban J connectivity index is 1.81. The zero-order chi connectivity index (χ0) is 13.9. The van der Waals surface area contributed by atoms with Gasteiger partial charge in [0.05, 0.1) is 5.52 Å². The maximum atomic E-state index is 4.52. The maximum Gasteiger partial charge on any atom is 0.0746 e. The average Bonchev–Trinajstić information content (AvgIpc) is 2.85. The molecule has 2 nitrogen and oxygen atoms in total. The zero-order valence-corrected chi connectivity index (χ0v) is 12.7. The van der Waals surface area contributed by atoms with Crippen molar-refractivity contribution in [3.05, 3.63) is 64.0 Å². The van der Waals surface area contributed by atoms with Gasteiger partial charge in [-0.25, -0.2) is 0 Å². The zero-order valence-electron chi connectivity index (χ0n) is 11.8. The van der Waals surface area contributed by atoms with Crippen LogP contribution in [-0.4, -0.2) is 16.9 Å².